The molecule has 0 unspecified atom stereocenters. The summed E-state index contributed by atoms with van der Waals surface area (Å²) in [7, 11) is 0. The molecule has 0 aromatic rings. The van der Waals surface area contributed by atoms with Gasteiger partial charge in [0, 0.05) is 6.61 Å². The van der Waals surface area contributed by atoms with Gasteiger partial charge in [0.1, 0.15) is 0 Å². The van der Waals surface area contributed by atoms with Gasteiger partial charge in [-0.05, 0) is 6.42 Å². The Morgan fingerprint density at radius 2 is 2.15 bits per heavy atom. The van der Waals surface area contributed by atoms with Gasteiger partial charge >= 0.3 is 5.97 Å². The van der Waals surface area contributed by atoms with Crippen LogP contribution in [0.25, 0.3) is 0 Å². The van der Waals surface area contributed by atoms with Gasteiger partial charge in [-0.25, -0.2) is 0 Å². The molecule has 13 heavy (non-hydrogen) atoms. The number of aliphatic hydroxyl groups is 1. The average Bonchev–Trinajstić information content (AvgIpc) is 2.09. The topological polar surface area (TPSA) is 66.8 Å². The highest BCUT2D eigenvalue weighted by atomic mass is 16.5. The summed E-state index contributed by atoms with van der Waals surface area (Å²) in [5.41, 5.74) is 0. The Morgan fingerprint density at radius 3 is 2.62 bits per heavy atom. The van der Waals surface area contributed by atoms with Crippen LogP contribution in [0.2, 0.25) is 0 Å². The van der Waals surface area contributed by atoms with Gasteiger partial charge in [0.25, 0.3) is 0 Å². The number of carboxylic acids is 1. The maximum absolute atomic E-state index is 10.3. The van der Waals surface area contributed by atoms with Gasteiger partial charge in [0.2, 0.25) is 0 Å². The predicted molar refractivity (Wildman–Crippen MR) is 48.6 cm³/mol. The molecule has 0 radical (unpaired) electrons. The molecule has 4 nitrogen and oxygen atoms in total. The Bertz CT molecular complexity index is 136. The predicted octanol–water partition coefficient (Wildman–Crippen LogP) is 1.03. The highest BCUT2D eigenvalue weighted by Gasteiger charge is 2.11. The largest absolute Gasteiger partial charge is 0.481 e. The molecule has 78 valence electrons. The Kier molecular flexibility index (Phi) is 7.63. The number of ether oxygens (including phenoxy) is 1. The van der Waals surface area contributed by atoms with Crippen LogP contribution in [0.15, 0.2) is 0 Å². The van der Waals surface area contributed by atoms with Crippen molar-refractivity contribution in [3.05, 3.63) is 0 Å². The van der Waals surface area contributed by atoms with E-state index < -0.39 is 12.1 Å². The first-order chi connectivity index (χ1) is 6.20. The molecule has 0 aromatic carbocycles. The lowest BCUT2D eigenvalue weighted by molar-refractivity contribution is -0.141. The zero-order valence-corrected chi connectivity index (χ0v) is 8.03. The SMILES string of the molecule is CCCCCO[C@H](CO)CC(=O)O. The third kappa shape index (κ3) is 7.74. The second-order valence-electron chi connectivity index (χ2n) is 2.98. The molecule has 0 bridgehead atoms. The van der Waals surface area contributed by atoms with Crippen molar-refractivity contribution in [3.8, 4) is 0 Å². The molecule has 0 amide bonds. The highest BCUT2D eigenvalue weighted by Crippen LogP contribution is 2.01. The fraction of sp³-hybridized carbons (Fsp3) is 0.889. The smallest absolute Gasteiger partial charge is 0.306 e. The summed E-state index contributed by atoms with van der Waals surface area (Å²) in [5, 5.41) is 17.2. The molecule has 2 N–H and O–H groups in total. The van der Waals surface area contributed by atoms with Crippen LogP contribution in [-0.2, 0) is 9.53 Å². The third-order valence-corrected chi connectivity index (χ3v) is 1.71. The minimum Gasteiger partial charge on any atom is -0.481 e. The van der Waals surface area contributed by atoms with Crippen molar-refractivity contribution in [2.24, 2.45) is 0 Å². The van der Waals surface area contributed by atoms with Gasteiger partial charge < -0.3 is 14.9 Å². The summed E-state index contributed by atoms with van der Waals surface area (Å²) >= 11 is 0. The van der Waals surface area contributed by atoms with Gasteiger partial charge in [-0.2, -0.15) is 0 Å². The standard InChI is InChI=1S/C9H18O4/c1-2-3-4-5-13-8(7-10)6-9(11)12/h8,10H,2-7H2,1H3,(H,11,12)/t8-/m0/s1. The van der Waals surface area contributed by atoms with E-state index in [4.69, 9.17) is 14.9 Å². The number of hydrogen-bond donors (Lipinski definition) is 2. The molecular formula is C9H18O4. The van der Waals surface area contributed by atoms with Crippen molar-refractivity contribution >= 4 is 5.97 Å². The number of carboxylic acid groups (broad SMARTS) is 1. The molecule has 0 rings (SSSR count). The molecule has 0 fully saturated rings. The molecule has 0 aliphatic carbocycles. The summed E-state index contributed by atoms with van der Waals surface area (Å²) < 4.78 is 5.17. The number of carbonyl (C=O) groups is 1. The van der Waals surface area contributed by atoms with E-state index in [1.807, 2.05) is 0 Å². The van der Waals surface area contributed by atoms with Crippen LogP contribution >= 0.6 is 0 Å². The number of unbranched alkanes of at least 4 members (excludes halogenated alkanes) is 2. The molecular weight excluding hydrogens is 172 g/mol. The molecule has 0 saturated carbocycles. The number of hydrogen-bond acceptors (Lipinski definition) is 3. The van der Waals surface area contributed by atoms with Gasteiger partial charge in [-0.15, -0.1) is 0 Å². The van der Waals surface area contributed by atoms with E-state index in [-0.39, 0.29) is 13.0 Å². The van der Waals surface area contributed by atoms with E-state index >= 15 is 0 Å². The van der Waals surface area contributed by atoms with Gasteiger partial charge in [0.05, 0.1) is 19.1 Å². The van der Waals surface area contributed by atoms with Gasteiger partial charge in [-0.1, -0.05) is 19.8 Å². The van der Waals surface area contributed by atoms with Crippen molar-refractivity contribution in [3.63, 3.8) is 0 Å². The van der Waals surface area contributed by atoms with Crippen LogP contribution in [0.3, 0.4) is 0 Å². The van der Waals surface area contributed by atoms with Crippen LogP contribution in [0.4, 0.5) is 0 Å². The van der Waals surface area contributed by atoms with Crippen molar-refractivity contribution in [1.82, 2.24) is 0 Å². The fourth-order valence-electron chi connectivity index (χ4n) is 0.973. The molecule has 0 aromatic heterocycles. The lowest BCUT2D eigenvalue weighted by Gasteiger charge is -2.12. The van der Waals surface area contributed by atoms with Crippen LogP contribution in [0.5, 0.6) is 0 Å². The Balaban J connectivity index is 3.42. The average molecular weight is 190 g/mol. The number of rotatable bonds is 8. The first kappa shape index (κ1) is 12.4. The van der Waals surface area contributed by atoms with Gasteiger partial charge in [0.15, 0.2) is 0 Å². The second-order valence-corrected chi connectivity index (χ2v) is 2.98. The van der Waals surface area contributed by atoms with E-state index in [0.717, 1.165) is 19.3 Å². The van der Waals surface area contributed by atoms with Crippen molar-refractivity contribution in [2.75, 3.05) is 13.2 Å². The third-order valence-electron chi connectivity index (χ3n) is 1.71. The summed E-state index contributed by atoms with van der Waals surface area (Å²) in [5.74, 6) is -0.936. The molecule has 0 aliphatic heterocycles. The molecule has 0 saturated heterocycles. The first-order valence-electron chi connectivity index (χ1n) is 4.65. The van der Waals surface area contributed by atoms with Crippen molar-refractivity contribution in [1.29, 1.82) is 0 Å². The van der Waals surface area contributed by atoms with Crippen LogP contribution in [-0.4, -0.2) is 35.5 Å². The van der Waals surface area contributed by atoms with Crippen molar-refractivity contribution in [2.45, 2.75) is 38.7 Å². The second kappa shape index (κ2) is 8.01. The van der Waals surface area contributed by atoms with Crippen LogP contribution in [0.1, 0.15) is 32.6 Å². The van der Waals surface area contributed by atoms with E-state index in [1.54, 1.807) is 0 Å². The lowest BCUT2D eigenvalue weighted by Crippen LogP contribution is -2.22. The van der Waals surface area contributed by atoms with E-state index in [0.29, 0.717) is 6.61 Å². The summed E-state index contributed by atoms with van der Waals surface area (Å²) in [6, 6.07) is 0. The van der Waals surface area contributed by atoms with E-state index in [9.17, 15) is 4.79 Å². The first-order valence-corrected chi connectivity index (χ1v) is 4.65. The Hall–Kier alpha value is -0.610. The minimum absolute atomic E-state index is 0.122. The zero-order chi connectivity index (χ0) is 10.1. The Labute approximate surface area is 78.5 Å². The van der Waals surface area contributed by atoms with Crippen LogP contribution in [0, 0.1) is 0 Å². The highest BCUT2D eigenvalue weighted by molar-refractivity contribution is 5.67. The minimum atomic E-state index is -0.936. The summed E-state index contributed by atoms with van der Waals surface area (Å²) in [6.45, 7) is 2.39. The van der Waals surface area contributed by atoms with Crippen molar-refractivity contribution < 1.29 is 19.7 Å². The van der Waals surface area contributed by atoms with E-state index in [2.05, 4.69) is 6.92 Å². The fourth-order valence-corrected chi connectivity index (χ4v) is 0.973. The van der Waals surface area contributed by atoms with Gasteiger partial charge in [-0.3, -0.25) is 4.79 Å². The summed E-state index contributed by atoms with van der Waals surface area (Å²) in [4.78, 5) is 10.3. The maximum atomic E-state index is 10.3. The summed E-state index contributed by atoms with van der Waals surface area (Å²) in [6.07, 6.45) is 2.43. The molecule has 0 aliphatic rings. The molecule has 0 spiro atoms. The Morgan fingerprint density at radius 1 is 1.46 bits per heavy atom. The monoisotopic (exact) mass is 190 g/mol. The maximum Gasteiger partial charge on any atom is 0.306 e. The normalized spacial score (nSPS) is 12.8. The van der Waals surface area contributed by atoms with E-state index in [1.165, 1.54) is 0 Å². The lowest BCUT2D eigenvalue weighted by atomic mass is 10.2. The number of aliphatic carboxylic acids is 1. The molecule has 0 heterocycles. The number of aliphatic hydroxyl groups excluding tert-OH is 1. The molecule has 1 atom stereocenters. The van der Waals surface area contributed by atoms with Crippen LogP contribution < -0.4 is 0 Å². The zero-order valence-electron chi connectivity index (χ0n) is 8.03. The quantitative estimate of drug-likeness (QED) is 0.561. The molecule has 4 heteroatoms.